The topological polar surface area (TPSA) is 77.9 Å². The molecule has 2 amide bonds. The van der Waals surface area contributed by atoms with E-state index < -0.39 is 11.9 Å². The Morgan fingerprint density at radius 2 is 1.80 bits per heavy atom. The third-order valence-corrected chi connectivity index (χ3v) is 6.28. The molecule has 1 heterocycles. The lowest BCUT2D eigenvalue weighted by atomic mass is 9.85. The normalized spacial score (nSPS) is 30.0. The van der Waals surface area contributed by atoms with Crippen molar-refractivity contribution in [3.05, 3.63) is 0 Å². The quantitative estimate of drug-likeness (QED) is 0.822. The Morgan fingerprint density at radius 1 is 1.08 bits per heavy atom. The number of aliphatic carboxylic acids is 1. The summed E-state index contributed by atoms with van der Waals surface area (Å²) in [5.74, 6) is -0.0172. The predicted octanol–water partition coefficient (Wildman–Crippen LogP) is 1.98. The van der Waals surface area contributed by atoms with Crippen molar-refractivity contribution in [3.8, 4) is 0 Å². The van der Waals surface area contributed by atoms with Gasteiger partial charge in [-0.1, -0.05) is 32.1 Å². The molecule has 1 saturated heterocycles. The average Bonchev–Trinajstić information content (AvgIpc) is 3.42. The van der Waals surface area contributed by atoms with Gasteiger partial charge in [-0.05, 0) is 31.1 Å². The zero-order chi connectivity index (χ0) is 18.0. The van der Waals surface area contributed by atoms with E-state index in [0.29, 0.717) is 31.2 Å². The van der Waals surface area contributed by atoms with Crippen LogP contribution >= 0.6 is 0 Å². The van der Waals surface area contributed by atoms with Gasteiger partial charge in [0.05, 0.1) is 12.5 Å². The van der Waals surface area contributed by atoms with Crippen LogP contribution in [0.4, 0.5) is 0 Å². The van der Waals surface area contributed by atoms with E-state index in [4.69, 9.17) is 5.11 Å². The number of amides is 2. The highest BCUT2D eigenvalue weighted by atomic mass is 16.4. The molecule has 0 aromatic rings. The minimum atomic E-state index is -0.838. The number of rotatable bonds is 5. The van der Waals surface area contributed by atoms with Crippen LogP contribution in [0.1, 0.15) is 51.4 Å². The maximum atomic E-state index is 12.6. The summed E-state index contributed by atoms with van der Waals surface area (Å²) in [5.41, 5.74) is 0. The van der Waals surface area contributed by atoms with Gasteiger partial charge in [0.25, 0.3) is 0 Å². The van der Waals surface area contributed by atoms with E-state index in [2.05, 4.69) is 0 Å². The van der Waals surface area contributed by atoms with Gasteiger partial charge in [0.1, 0.15) is 0 Å². The number of likely N-dealkylation sites (tertiary alicyclic amines) is 1. The zero-order valence-corrected chi connectivity index (χ0v) is 15.2. The monoisotopic (exact) mass is 350 g/mol. The van der Waals surface area contributed by atoms with Gasteiger partial charge in [0.2, 0.25) is 11.8 Å². The Morgan fingerprint density at radius 3 is 2.48 bits per heavy atom. The molecule has 0 aromatic carbocycles. The van der Waals surface area contributed by atoms with Crippen LogP contribution in [-0.2, 0) is 14.4 Å². The molecule has 1 N–H and O–H groups in total. The molecule has 140 valence electrons. The van der Waals surface area contributed by atoms with Crippen molar-refractivity contribution in [2.75, 3.05) is 26.7 Å². The third-order valence-electron chi connectivity index (χ3n) is 6.28. The van der Waals surface area contributed by atoms with Crippen LogP contribution in [0.2, 0.25) is 0 Å². The summed E-state index contributed by atoms with van der Waals surface area (Å²) < 4.78 is 0. The Hall–Kier alpha value is -1.59. The zero-order valence-electron chi connectivity index (χ0n) is 15.2. The summed E-state index contributed by atoms with van der Waals surface area (Å²) in [7, 11) is 1.70. The summed E-state index contributed by atoms with van der Waals surface area (Å²) in [5, 5.41) is 9.14. The molecule has 6 nitrogen and oxygen atoms in total. The number of likely N-dealkylation sites (N-methyl/N-ethyl adjacent to an activating group) is 1. The number of carbonyl (C=O) groups is 3. The number of nitrogens with zero attached hydrogens (tertiary/aromatic N) is 2. The second kappa shape index (κ2) is 7.75. The second-order valence-electron chi connectivity index (χ2n) is 8.12. The fraction of sp³-hybridized carbons (Fsp3) is 0.842. The summed E-state index contributed by atoms with van der Waals surface area (Å²) in [4.78, 5) is 39.4. The Bertz CT molecular complexity index is 530. The Kier molecular flexibility index (Phi) is 5.64. The van der Waals surface area contributed by atoms with Gasteiger partial charge in [-0.3, -0.25) is 14.4 Å². The Balaban J connectivity index is 1.46. The smallest absolute Gasteiger partial charge is 0.308 e. The van der Waals surface area contributed by atoms with Gasteiger partial charge in [-0.2, -0.15) is 0 Å². The highest BCUT2D eigenvalue weighted by Gasteiger charge is 2.48. The summed E-state index contributed by atoms with van der Waals surface area (Å²) >= 11 is 0. The van der Waals surface area contributed by atoms with E-state index in [-0.39, 0.29) is 30.8 Å². The molecule has 3 fully saturated rings. The number of hydrogen-bond acceptors (Lipinski definition) is 3. The van der Waals surface area contributed by atoms with Gasteiger partial charge in [0.15, 0.2) is 0 Å². The van der Waals surface area contributed by atoms with Crippen LogP contribution in [0.3, 0.4) is 0 Å². The van der Waals surface area contributed by atoms with E-state index in [1.165, 1.54) is 32.1 Å². The first-order valence-corrected chi connectivity index (χ1v) is 9.73. The standard InChI is InChI=1S/C19H30N2O4/c1-20(12-17(22)21-9-5-8-14(11-21)19(24)25)18(23)16-10-15(16)13-6-3-2-4-7-13/h13-16H,2-12H2,1H3,(H,24,25). The molecule has 25 heavy (non-hydrogen) atoms. The molecular weight excluding hydrogens is 320 g/mol. The molecule has 2 aliphatic carbocycles. The molecule has 0 spiro atoms. The van der Waals surface area contributed by atoms with Crippen LogP contribution in [0.5, 0.6) is 0 Å². The fourth-order valence-electron chi connectivity index (χ4n) is 4.65. The molecule has 3 unspecified atom stereocenters. The predicted molar refractivity (Wildman–Crippen MR) is 92.7 cm³/mol. The second-order valence-corrected chi connectivity index (χ2v) is 8.12. The van der Waals surface area contributed by atoms with Gasteiger partial charge in [-0.25, -0.2) is 0 Å². The molecule has 3 rings (SSSR count). The molecule has 0 radical (unpaired) electrons. The first-order valence-electron chi connectivity index (χ1n) is 9.73. The summed E-state index contributed by atoms with van der Waals surface area (Å²) in [6.45, 7) is 0.933. The van der Waals surface area contributed by atoms with E-state index in [1.807, 2.05) is 0 Å². The molecule has 3 atom stereocenters. The van der Waals surface area contributed by atoms with Gasteiger partial charge >= 0.3 is 5.97 Å². The molecule has 0 bridgehead atoms. The minimum Gasteiger partial charge on any atom is -0.481 e. The van der Waals surface area contributed by atoms with Crippen molar-refractivity contribution in [1.29, 1.82) is 0 Å². The Labute approximate surface area is 149 Å². The highest BCUT2D eigenvalue weighted by molar-refractivity contribution is 5.87. The maximum Gasteiger partial charge on any atom is 0.308 e. The lowest BCUT2D eigenvalue weighted by molar-refractivity contribution is -0.147. The first-order chi connectivity index (χ1) is 12.0. The molecule has 6 heteroatoms. The fourth-order valence-corrected chi connectivity index (χ4v) is 4.65. The SMILES string of the molecule is CN(CC(=O)N1CCCC(C(=O)O)C1)C(=O)C1CC1C1CCCCC1. The lowest BCUT2D eigenvalue weighted by Gasteiger charge is -2.32. The molecule has 2 saturated carbocycles. The number of piperidine rings is 1. The van der Waals surface area contributed by atoms with Crippen molar-refractivity contribution in [3.63, 3.8) is 0 Å². The van der Waals surface area contributed by atoms with E-state index in [1.54, 1.807) is 16.8 Å². The lowest BCUT2D eigenvalue weighted by Crippen LogP contribution is -2.47. The minimum absolute atomic E-state index is 0.0685. The summed E-state index contributed by atoms with van der Waals surface area (Å²) in [6.07, 6.45) is 8.72. The molecule has 0 aromatic heterocycles. The van der Waals surface area contributed by atoms with Crippen molar-refractivity contribution in [2.45, 2.75) is 51.4 Å². The average molecular weight is 350 g/mol. The third kappa shape index (κ3) is 4.33. The van der Waals surface area contributed by atoms with Crippen molar-refractivity contribution in [2.24, 2.45) is 23.7 Å². The van der Waals surface area contributed by atoms with Crippen LogP contribution in [0.15, 0.2) is 0 Å². The highest BCUT2D eigenvalue weighted by Crippen LogP contribution is 2.50. The van der Waals surface area contributed by atoms with Crippen LogP contribution < -0.4 is 0 Å². The van der Waals surface area contributed by atoms with Crippen LogP contribution in [0.25, 0.3) is 0 Å². The van der Waals surface area contributed by atoms with Gasteiger partial charge < -0.3 is 14.9 Å². The van der Waals surface area contributed by atoms with Crippen molar-refractivity contribution < 1.29 is 19.5 Å². The number of carbonyl (C=O) groups excluding carboxylic acids is 2. The molecular formula is C19H30N2O4. The van der Waals surface area contributed by atoms with E-state index in [9.17, 15) is 14.4 Å². The van der Waals surface area contributed by atoms with E-state index in [0.717, 1.165) is 6.42 Å². The maximum absolute atomic E-state index is 12.6. The number of hydrogen-bond donors (Lipinski definition) is 1. The first kappa shape index (κ1) is 18.2. The van der Waals surface area contributed by atoms with Crippen molar-refractivity contribution in [1.82, 2.24) is 9.80 Å². The molecule has 3 aliphatic rings. The van der Waals surface area contributed by atoms with Gasteiger partial charge in [0, 0.05) is 26.1 Å². The van der Waals surface area contributed by atoms with Crippen molar-refractivity contribution >= 4 is 17.8 Å². The number of carboxylic acids is 1. The molecule has 1 aliphatic heterocycles. The largest absolute Gasteiger partial charge is 0.481 e. The summed E-state index contributed by atoms with van der Waals surface area (Å²) in [6, 6.07) is 0. The van der Waals surface area contributed by atoms with Gasteiger partial charge in [-0.15, -0.1) is 0 Å². The van der Waals surface area contributed by atoms with Crippen LogP contribution in [-0.4, -0.2) is 59.4 Å². The number of carboxylic acid groups (broad SMARTS) is 1. The van der Waals surface area contributed by atoms with E-state index >= 15 is 0 Å². The van der Waals surface area contributed by atoms with Crippen LogP contribution in [0, 0.1) is 23.7 Å².